The van der Waals surface area contributed by atoms with Gasteiger partial charge in [0, 0.05) is 6.54 Å². The zero-order valence-corrected chi connectivity index (χ0v) is 11.6. The van der Waals surface area contributed by atoms with E-state index in [0.717, 1.165) is 5.56 Å². The van der Waals surface area contributed by atoms with E-state index in [2.05, 4.69) is 10.6 Å². The number of rotatable bonds is 7. The molecular formula is C11H16N2O3S2. The van der Waals surface area contributed by atoms with Gasteiger partial charge < -0.3 is 15.7 Å². The number of carbonyl (C=O) groups excluding carboxylic acids is 1. The molecule has 0 saturated heterocycles. The summed E-state index contributed by atoms with van der Waals surface area (Å²) in [6, 6.07) is 0.627. The molecule has 0 unspecified atom stereocenters. The van der Waals surface area contributed by atoms with Gasteiger partial charge in [0.15, 0.2) is 0 Å². The molecule has 18 heavy (non-hydrogen) atoms. The van der Waals surface area contributed by atoms with E-state index in [1.165, 1.54) is 0 Å². The minimum Gasteiger partial charge on any atom is -0.480 e. The summed E-state index contributed by atoms with van der Waals surface area (Å²) < 4.78 is 0. The van der Waals surface area contributed by atoms with Crippen molar-refractivity contribution in [3.63, 3.8) is 0 Å². The Morgan fingerprint density at radius 3 is 2.89 bits per heavy atom. The zero-order valence-electron chi connectivity index (χ0n) is 10.0. The van der Waals surface area contributed by atoms with Gasteiger partial charge in [0.25, 0.3) is 0 Å². The van der Waals surface area contributed by atoms with Crippen LogP contribution in [-0.4, -0.2) is 35.2 Å². The van der Waals surface area contributed by atoms with E-state index in [-0.39, 0.29) is 0 Å². The lowest BCUT2D eigenvalue weighted by molar-refractivity contribution is -0.139. The SMILES string of the molecule is CSCC[C@@H](NC(=O)NCc1ccsc1)C(=O)O. The molecule has 0 aliphatic rings. The fourth-order valence-electron chi connectivity index (χ4n) is 1.28. The number of thiophene rings is 1. The summed E-state index contributed by atoms with van der Waals surface area (Å²) in [5.41, 5.74) is 1.01. The Morgan fingerprint density at radius 2 is 2.33 bits per heavy atom. The van der Waals surface area contributed by atoms with Crippen LogP contribution in [0, 0.1) is 0 Å². The number of nitrogens with one attached hydrogen (secondary N) is 2. The molecule has 0 aliphatic heterocycles. The van der Waals surface area contributed by atoms with Crippen LogP contribution in [0.25, 0.3) is 0 Å². The van der Waals surface area contributed by atoms with Crippen LogP contribution in [0.4, 0.5) is 4.79 Å². The summed E-state index contributed by atoms with van der Waals surface area (Å²) in [6.45, 7) is 0.407. The number of hydrogen-bond acceptors (Lipinski definition) is 4. The molecule has 1 aromatic rings. The lowest BCUT2D eigenvalue weighted by Crippen LogP contribution is -2.46. The molecule has 3 N–H and O–H groups in total. The van der Waals surface area contributed by atoms with Gasteiger partial charge in [-0.2, -0.15) is 23.1 Å². The minimum absolute atomic E-state index is 0.407. The summed E-state index contributed by atoms with van der Waals surface area (Å²) in [6.07, 6.45) is 2.32. The minimum atomic E-state index is -1.00. The quantitative estimate of drug-likeness (QED) is 0.714. The molecule has 1 atom stereocenters. The molecule has 0 saturated carbocycles. The second-order valence-corrected chi connectivity index (χ2v) is 5.40. The van der Waals surface area contributed by atoms with E-state index in [0.29, 0.717) is 18.7 Å². The van der Waals surface area contributed by atoms with Gasteiger partial charge in [-0.1, -0.05) is 0 Å². The number of carbonyl (C=O) groups is 2. The number of amides is 2. The number of aliphatic carboxylic acids is 1. The average Bonchev–Trinajstić information content (AvgIpc) is 2.84. The van der Waals surface area contributed by atoms with E-state index >= 15 is 0 Å². The van der Waals surface area contributed by atoms with Gasteiger partial charge in [-0.3, -0.25) is 0 Å². The highest BCUT2D eigenvalue weighted by Crippen LogP contribution is 2.05. The van der Waals surface area contributed by atoms with E-state index < -0.39 is 18.0 Å². The topological polar surface area (TPSA) is 78.4 Å². The smallest absolute Gasteiger partial charge is 0.326 e. The highest BCUT2D eigenvalue weighted by atomic mass is 32.2. The van der Waals surface area contributed by atoms with Gasteiger partial charge in [0.05, 0.1) is 0 Å². The van der Waals surface area contributed by atoms with Gasteiger partial charge in [-0.05, 0) is 40.8 Å². The maximum absolute atomic E-state index is 11.5. The third-order valence-corrected chi connectivity index (χ3v) is 3.62. The first-order chi connectivity index (χ1) is 8.63. The molecule has 1 heterocycles. The zero-order chi connectivity index (χ0) is 13.4. The summed E-state index contributed by atoms with van der Waals surface area (Å²) in [7, 11) is 0. The summed E-state index contributed by atoms with van der Waals surface area (Å²) in [5.74, 6) is -0.309. The van der Waals surface area contributed by atoms with Crippen LogP contribution >= 0.6 is 23.1 Å². The number of carboxylic acid groups (broad SMARTS) is 1. The third kappa shape index (κ3) is 5.42. The van der Waals surface area contributed by atoms with Gasteiger partial charge in [0.1, 0.15) is 6.04 Å². The molecule has 5 nitrogen and oxygen atoms in total. The molecular weight excluding hydrogens is 272 g/mol. The Morgan fingerprint density at radius 1 is 1.56 bits per heavy atom. The maximum atomic E-state index is 11.5. The van der Waals surface area contributed by atoms with E-state index in [9.17, 15) is 9.59 Å². The summed E-state index contributed by atoms with van der Waals surface area (Å²) >= 11 is 3.10. The van der Waals surface area contributed by atoms with Crippen LogP contribution in [0.2, 0.25) is 0 Å². The Kier molecular flexibility index (Phi) is 6.59. The molecule has 0 aromatic carbocycles. The highest BCUT2D eigenvalue weighted by Gasteiger charge is 2.18. The monoisotopic (exact) mass is 288 g/mol. The summed E-state index contributed by atoms with van der Waals surface area (Å²) in [4.78, 5) is 22.5. The van der Waals surface area contributed by atoms with Crippen LogP contribution in [-0.2, 0) is 11.3 Å². The maximum Gasteiger partial charge on any atom is 0.326 e. The Balaban J connectivity index is 2.34. The molecule has 0 radical (unpaired) electrons. The van der Waals surface area contributed by atoms with Crippen molar-refractivity contribution in [2.45, 2.75) is 19.0 Å². The number of thioether (sulfide) groups is 1. The third-order valence-electron chi connectivity index (χ3n) is 2.25. The average molecular weight is 288 g/mol. The second kappa shape index (κ2) is 7.99. The van der Waals surface area contributed by atoms with Crippen molar-refractivity contribution in [1.29, 1.82) is 0 Å². The standard InChI is InChI=1S/C11H16N2O3S2/c1-17-4-3-9(10(14)15)13-11(16)12-6-8-2-5-18-7-8/h2,5,7,9H,3-4,6H2,1H3,(H,14,15)(H2,12,13,16)/t9-/m1/s1. The van der Waals surface area contributed by atoms with E-state index in [1.807, 2.05) is 23.1 Å². The summed E-state index contributed by atoms with van der Waals surface area (Å²) in [5, 5.41) is 17.9. The number of carboxylic acids is 1. The first-order valence-corrected chi connectivity index (χ1v) is 7.74. The van der Waals surface area contributed by atoms with Crippen molar-refractivity contribution in [3.8, 4) is 0 Å². The van der Waals surface area contributed by atoms with E-state index in [4.69, 9.17) is 5.11 Å². The molecule has 0 bridgehead atoms. The first kappa shape index (κ1) is 14.8. The van der Waals surface area contributed by atoms with Crippen LogP contribution in [0.15, 0.2) is 16.8 Å². The Hall–Kier alpha value is -1.21. The van der Waals surface area contributed by atoms with Crippen molar-refractivity contribution in [2.24, 2.45) is 0 Å². The van der Waals surface area contributed by atoms with Crippen molar-refractivity contribution < 1.29 is 14.7 Å². The normalized spacial score (nSPS) is 11.8. The van der Waals surface area contributed by atoms with Crippen molar-refractivity contribution in [1.82, 2.24) is 10.6 Å². The van der Waals surface area contributed by atoms with Crippen LogP contribution in [0.5, 0.6) is 0 Å². The number of urea groups is 1. The first-order valence-electron chi connectivity index (χ1n) is 5.40. The Bertz CT molecular complexity index is 382. The van der Waals surface area contributed by atoms with Crippen molar-refractivity contribution in [3.05, 3.63) is 22.4 Å². The van der Waals surface area contributed by atoms with Crippen LogP contribution in [0.1, 0.15) is 12.0 Å². The molecule has 0 fully saturated rings. The largest absolute Gasteiger partial charge is 0.480 e. The van der Waals surface area contributed by atoms with Crippen LogP contribution in [0.3, 0.4) is 0 Å². The van der Waals surface area contributed by atoms with Gasteiger partial charge in [0.2, 0.25) is 0 Å². The molecule has 2 amide bonds. The second-order valence-electron chi connectivity index (χ2n) is 3.63. The van der Waals surface area contributed by atoms with Gasteiger partial charge in [-0.25, -0.2) is 9.59 Å². The van der Waals surface area contributed by atoms with Crippen LogP contribution < -0.4 is 10.6 Å². The molecule has 7 heteroatoms. The fraction of sp³-hybridized carbons (Fsp3) is 0.455. The fourth-order valence-corrected chi connectivity index (χ4v) is 2.42. The van der Waals surface area contributed by atoms with Crippen molar-refractivity contribution in [2.75, 3.05) is 12.0 Å². The Labute approximate surface area is 114 Å². The van der Waals surface area contributed by atoms with Gasteiger partial charge in [-0.15, -0.1) is 0 Å². The molecule has 1 aromatic heterocycles. The predicted molar refractivity (Wildman–Crippen MR) is 74.1 cm³/mol. The van der Waals surface area contributed by atoms with E-state index in [1.54, 1.807) is 23.1 Å². The number of hydrogen-bond donors (Lipinski definition) is 3. The molecule has 0 aliphatic carbocycles. The highest BCUT2D eigenvalue weighted by molar-refractivity contribution is 7.98. The lowest BCUT2D eigenvalue weighted by atomic mass is 10.2. The molecule has 100 valence electrons. The molecule has 1 rings (SSSR count). The van der Waals surface area contributed by atoms with Gasteiger partial charge >= 0.3 is 12.0 Å². The predicted octanol–water partition coefficient (Wildman–Crippen LogP) is 1.75. The molecule has 0 spiro atoms. The lowest BCUT2D eigenvalue weighted by Gasteiger charge is -2.14. The van der Waals surface area contributed by atoms with Crippen molar-refractivity contribution >= 4 is 35.1 Å².